The fraction of sp³-hybridized carbons (Fsp3) is 0.594. The van der Waals surface area contributed by atoms with Gasteiger partial charge in [0.15, 0.2) is 0 Å². The highest BCUT2D eigenvalue weighted by molar-refractivity contribution is 5.70. The summed E-state index contributed by atoms with van der Waals surface area (Å²) in [4.78, 5) is 27.1. The van der Waals surface area contributed by atoms with Crippen LogP contribution in [0.3, 0.4) is 0 Å². The van der Waals surface area contributed by atoms with E-state index in [1.54, 1.807) is 4.68 Å². The number of hydrogen-bond donors (Lipinski definition) is 0. The first-order valence-electron chi connectivity index (χ1n) is 14.5. The molecule has 7 nitrogen and oxygen atoms in total. The first kappa shape index (κ1) is 28.9. The maximum atomic E-state index is 13.5. The van der Waals surface area contributed by atoms with Gasteiger partial charge in [0.25, 0.3) is 0 Å². The van der Waals surface area contributed by atoms with Crippen molar-refractivity contribution in [2.24, 2.45) is 11.8 Å². The first-order chi connectivity index (χ1) is 18.7. The number of ether oxygens (including phenoxy) is 2. The zero-order valence-corrected chi connectivity index (χ0v) is 24.3. The van der Waals surface area contributed by atoms with Gasteiger partial charge in [0, 0.05) is 24.2 Å². The van der Waals surface area contributed by atoms with E-state index in [9.17, 15) is 9.59 Å². The summed E-state index contributed by atoms with van der Waals surface area (Å²) in [5.74, 6) is 0.740. The van der Waals surface area contributed by atoms with E-state index in [0.717, 1.165) is 56.9 Å². The van der Waals surface area contributed by atoms with Crippen LogP contribution >= 0.6 is 0 Å². The summed E-state index contributed by atoms with van der Waals surface area (Å²) >= 11 is 0. The van der Waals surface area contributed by atoms with Gasteiger partial charge in [-0.25, -0.2) is 4.79 Å². The quantitative estimate of drug-likeness (QED) is 0.318. The molecule has 1 aromatic heterocycles. The third-order valence-electron chi connectivity index (χ3n) is 8.01. The molecule has 1 amide bonds. The Morgan fingerprint density at radius 1 is 1.13 bits per heavy atom. The van der Waals surface area contributed by atoms with E-state index in [0.29, 0.717) is 11.8 Å². The molecule has 39 heavy (non-hydrogen) atoms. The van der Waals surface area contributed by atoms with Crippen molar-refractivity contribution in [1.82, 2.24) is 14.7 Å². The molecule has 2 aromatic rings. The standard InChI is InChI=1S/C32H45N3O4/c1-6-26(18-24-10-8-7-9-11-24)28-19-29(28)35(31(37)39-32(2,3)4)27-16-14-23(15-17-27)12-13-25-20-33-34(21-25)22-30(36)38-5/h7-11,18,20-21,23,27-29H,6,12-17,19,22H2,1-5H3/b26-18+/t23?,27?,28?,29-/m1/s1. The number of esters is 1. The molecule has 7 heteroatoms. The van der Waals surface area contributed by atoms with Gasteiger partial charge in [-0.15, -0.1) is 0 Å². The second-order valence-corrected chi connectivity index (χ2v) is 12.1. The monoisotopic (exact) mass is 535 g/mol. The van der Waals surface area contributed by atoms with Gasteiger partial charge >= 0.3 is 12.1 Å². The molecule has 0 radical (unpaired) electrons. The number of hydrogen-bond acceptors (Lipinski definition) is 5. The fourth-order valence-corrected chi connectivity index (χ4v) is 5.89. The first-order valence-corrected chi connectivity index (χ1v) is 14.5. The molecular weight excluding hydrogens is 490 g/mol. The molecule has 2 atom stereocenters. The molecule has 0 saturated heterocycles. The number of aryl methyl sites for hydroxylation is 1. The van der Waals surface area contributed by atoms with Crippen molar-refractivity contribution >= 4 is 18.1 Å². The van der Waals surface area contributed by atoms with Crippen molar-refractivity contribution in [3.05, 3.63) is 59.4 Å². The normalized spacial score (nSPS) is 23.3. The van der Waals surface area contributed by atoms with Crippen molar-refractivity contribution in [1.29, 1.82) is 0 Å². The van der Waals surface area contributed by atoms with Gasteiger partial charge in [0.1, 0.15) is 12.1 Å². The van der Waals surface area contributed by atoms with Crippen molar-refractivity contribution in [3.63, 3.8) is 0 Å². The van der Waals surface area contributed by atoms with E-state index < -0.39 is 5.60 Å². The molecule has 1 aromatic carbocycles. The van der Waals surface area contributed by atoms with Gasteiger partial charge in [0.2, 0.25) is 0 Å². The number of methoxy groups -OCH3 is 1. The van der Waals surface area contributed by atoms with Crippen LogP contribution in [0.5, 0.6) is 0 Å². The Balaban J connectivity index is 1.36. The predicted molar refractivity (Wildman–Crippen MR) is 153 cm³/mol. The molecule has 0 N–H and O–H groups in total. The number of amides is 1. The second-order valence-electron chi connectivity index (χ2n) is 12.1. The zero-order valence-electron chi connectivity index (χ0n) is 24.3. The number of carbonyl (C=O) groups excluding carboxylic acids is 2. The third-order valence-corrected chi connectivity index (χ3v) is 8.01. The minimum atomic E-state index is -0.511. The minimum Gasteiger partial charge on any atom is -0.468 e. The van der Waals surface area contributed by atoms with Gasteiger partial charge in [0.05, 0.1) is 13.3 Å². The molecule has 0 aliphatic heterocycles. The number of carbonyl (C=O) groups is 2. The van der Waals surface area contributed by atoms with E-state index in [1.807, 2.05) is 39.2 Å². The molecule has 0 spiro atoms. The van der Waals surface area contributed by atoms with Crippen LogP contribution in [0.2, 0.25) is 0 Å². The lowest BCUT2D eigenvalue weighted by Crippen LogP contribution is -2.47. The lowest BCUT2D eigenvalue weighted by Gasteiger charge is -2.38. The van der Waals surface area contributed by atoms with E-state index in [1.165, 1.54) is 18.2 Å². The molecule has 212 valence electrons. The highest BCUT2D eigenvalue weighted by Gasteiger charge is 2.49. The lowest BCUT2D eigenvalue weighted by atomic mass is 9.82. The summed E-state index contributed by atoms with van der Waals surface area (Å²) in [6.45, 7) is 8.20. The Labute approximate surface area is 233 Å². The van der Waals surface area contributed by atoms with Gasteiger partial charge in [-0.3, -0.25) is 9.48 Å². The van der Waals surface area contributed by atoms with Crippen LogP contribution in [0.25, 0.3) is 6.08 Å². The Morgan fingerprint density at radius 3 is 2.49 bits per heavy atom. The third kappa shape index (κ3) is 8.20. The van der Waals surface area contributed by atoms with Gasteiger partial charge in [-0.05, 0) is 89.2 Å². The van der Waals surface area contributed by atoms with Gasteiger partial charge < -0.3 is 14.4 Å². The number of aromatic nitrogens is 2. The Hall–Kier alpha value is -3.09. The molecule has 2 saturated carbocycles. The second kappa shape index (κ2) is 12.8. The van der Waals surface area contributed by atoms with E-state index in [-0.39, 0.29) is 30.7 Å². The molecule has 1 unspecified atom stereocenters. The molecule has 2 aliphatic carbocycles. The predicted octanol–water partition coefficient (Wildman–Crippen LogP) is 6.67. The van der Waals surface area contributed by atoms with Gasteiger partial charge in [-0.1, -0.05) is 48.9 Å². The maximum Gasteiger partial charge on any atom is 0.410 e. The summed E-state index contributed by atoms with van der Waals surface area (Å²) in [5.41, 5.74) is 3.28. The topological polar surface area (TPSA) is 73.7 Å². The Morgan fingerprint density at radius 2 is 1.85 bits per heavy atom. The summed E-state index contributed by atoms with van der Waals surface area (Å²) in [7, 11) is 1.39. The van der Waals surface area contributed by atoms with Crippen LogP contribution in [-0.2, 0) is 27.2 Å². The van der Waals surface area contributed by atoms with E-state index in [2.05, 4.69) is 47.3 Å². The Bertz CT molecular complexity index is 1130. The fourth-order valence-electron chi connectivity index (χ4n) is 5.89. The zero-order chi connectivity index (χ0) is 28.0. The minimum absolute atomic E-state index is 0.143. The molecule has 2 aliphatic rings. The molecule has 0 bridgehead atoms. The summed E-state index contributed by atoms with van der Waals surface area (Å²) < 4.78 is 12.3. The molecule has 1 heterocycles. The average Bonchev–Trinajstić information content (AvgIpc) is 3.55. The van der Waals surface area contributed by atoms with Crippen LogP contribution in [-0.4, -0.2) is 51.5 Å². The van der Waals surface area contributed by atoms with Crippen LogP contribution in [0.4, 0.5) is 4.79 Å². The van der Waals surface area contributed by atoms with E-state index >= 15 is 0 Å². The lowest BCUT2D eigenvalue weighted by molar-refractivity contribution is -0.141. The maximum absolute atomic E-state index is 13.5. The van der Waals surface area contributed by atoms with Crippen molar-refractivity contribution in [3.8, 4) is 0 Å². The SMILES string of the molecule is CC/C(=C\c1ccccc1)C1C[C@H]1N(C(=O)OC(C)(C)C)C1CCC(CCc2cnn(CC(=O)OC)c2)CC1. The van der Waals surface area contributed by atoms with Crippen molar-refractivity contribution in [2.75, 3.05) is 7.11 Å². The summed E-state index contributed by atoms with van der Waals surface area (Å²) in [6.07, 6.45) is 14.2. The number of nitrogens with zero attached hydrogens (tertiary/aromatic N) is 3. The average molecular weight is 536 g/mol. The van der Waals surface area contributed by atoms with Crippen LogP contribution in [0, 0.1) is 11.8 Å². The van der Waals surface area contributed by atoms with Crippen LogP contribution < -0.4 is 0 Å². The van der Waals surface area contributed by atoms with Crippen molar-refractivity contribution in [2.45, 2.75) is 103 Å². The summed E-state index contributed by atoms with van der Waals surface area (Å²) in [5, 5.41) is 4.29. The van der Waals surface area contributed by atoms with Crippen molar-refractivity contribution < 1.29 is 19.1 Å². The number of benzene rings is 1. The molecule has 2 fully saturated rings. The summed E-state index contributed by atoms with van der Waals surface area (Å²) in [6, 6.07) is 10.9. The highest BCUT2D eigenvalue weighted by atomic mass is 16.6. The van der Waals surface area contributed by atoms with Gasteiger partial charge in [-0.2, -0.15) is 5.10 Å². The van der Waals surface area contributed by atoms with Crippen LogP contribution in [0.1, 0.15) is 83.8 Å². The van der Waals surface area contributed by atoms with E-state index in [4.69, 9.17) is 9.47 Å². The molecule has 4 rings (SSSR count). The van der Waals surface area contributed by atoms with Crippen LogP contribution in [0.15, 0.2) is 48.3 Å². The highest BCUT2D eigenvalue weighted by Crippen LogP contribution is 2.46. The largest absolute Gasteiger partial charge is 0.468 e. The molecular formula is C32H45N3O4. The Kier molecular flexibility index (Phi) is 9.52. The number of rotatable bonds is 10. The smallest absolute Gasteiger partial charge is 0.410 e.